The summed E-state index contributed by atoms with van der Waals surface area (Å²) in [7, 11) is 0. The van der Waals surface area contributed by atoms with Crippen LogP contribution in [0, 0.1) is 17.8 Å². The zero-order valence-corrected chi connectivity index (χ0v) is 11.9. The molecule has 4 nitrogen and oxygen atoms in total. The average molecular weight is 253 g/mol. The van der Waals surface area contributed by atoms with E-state index in [0.717, 1.165) is 26.2 Å². The van der Waals surface area contributed by atoms with E-state index in [1.165, 1.54) is 13.0 Å². The van der Waals surface area contributed by atoms with Gasteiger partial charge in [-0.2, -0.15) is 0 Å². The Hall–Kier alpha value is -0.610. The number of carbonyl (C=O) groups is 1. The van der Waals surface area contributed by atoms with Gasteiger partial charge in [0, 0.05) is 25.7 Å². The summed E-state index contributed by atoms with van der Waals surface area (Å²) in [6.07, 6.45) is 1.22. The molecule has 2 rings (SSSR count). The van der Waals surface area contributed by atoms with Gasteiger partial charge in [-0.05, 0) is 45.2 Å². The summed E-state index contributed by atoms with van der Waals surface area (Å²) in [4.78, 5) is 14.6. The minimum absolute atomic E-state index is 0.174. The van der Waals surface area contributed by atoms with Gasteiger partial charge in [0.05, 0.1) is 5.92 Å². The third-order valence-corrected chi connectivity index (χ3v) is 4.47. The number of nitrogens with zero attached hydrogens (tertiary/aromatic N) is 1. The monoisotopic (exact) mass is 253 g/mol. The first kappa shape index (κ1) is 13.8. The van der Waals surface area contributed by atoms with Gasteiger partial charge in [-0.3, -0.25) is 4.79 Å². The van der Waals surface area contributed by atoms with Crippen molar-refractivity contribution >= 4 is 5.91 Å². The molecule has 0 aromatic carbocycles. The first-order valence-electron chi connectivity index (χ1n) is 7.30. The summed E-state index contributed by atoms with van der Waals surface area (Å²) in [5.74, 6) is 1.53. The van der Waals surface area contributed by atoms with Crippen LogP contribution in [0.25, 0.3) is 0 Å². The molecule has 2 heterocycles. The Labute approximate surface area is 110 Å². The maximum atomic E-state index is 12.1. The lowest BCUT2D eigenvalue weighted by atomic mass is 9.97. The Morgan fingerprint density at radius 3 is 2.78 bits per heavy atom. The average Bonchev–Trinajstić information content (AvgIpc) is 2.94. The normalized spacial score (nSPS) is 33.2. The number of hydrogen-bond donors (Lipinski definition) is 2. The highest BCUT2D eigenvalue weighted by Crippen LogP contribution is 2.19. The molecular weight excluding hydrogens is 226 g/mol. The van der Waals surface area contributed by atoms with Crippen LogP contribution in [-0.2, 0) is 4.79 Å². The van der Waals surface area contributed by atoms with Crippen molar-refractivity contribution in [3.8, 4) is 0 Å². The smallest absolute Gasteiger partial charge is 0.224 e. The Bertz CT molecular complexity index is 293. The number of amides is 1. The van der Waals surface area contributed by atoms with Gasteiger partial charge in [0.25, 0.3) is 0 Å². The number of carbonyl (C=O) groups excluding carboxylic acids is 1. The number of nitrogens with one attached hydrogen (secondary N) is 2. The summed E-state index contributed by atoms with van der Waals surface area (Å²) in [6, 6.07) is 0.629. The second-order valence-electron chi connectivity index (χ2n) is 6.23. The Balaban J connectivity index is 1.70. The van der Waals surface area contributed by atoms with Crippen molar-refractivity contribution < 1.29 is 4.79 Å². The van der Waals surface area contributed by atoms with Gasteiger partial charge in [-0.15, -0.1) is 0 Å². The first-order chi connectivity index (χ1) is 8.58. The van der Waals surface area contributed by atoms with Crippen LogP contribution < -0.4 is 10.6 Å². The lowest BCUT2D eigenvalue weighted by Gasteiger charge is -2.21. The van der Waals surface area contributed by atoms with E-state index >= 15 is 0 Å². The van der Waals surface area contributed by atoms with Gasteiger partial charge in [-0.25, -0.2) is 0 Å². The molecule has 0 aliphatic carbocycles. The highest BCUT2D eigenvalue weighted by molar-refractivity contribution is 5.79. The minimum atomic E-state index is 0.174. The molecule has 0 spiro atoms. The number of likely N-dealkylation sites (tertiary alicyclic amines) is 1. The standard InChI is InChI=1S/C14H27N3O/c1-10(2)17-5-4-12(9-17)7-16-14(18)13-8-15-6-11(13)3/h10-13,15H,4-9H2,1-3H3,(H,16,18). The van der Waals surface area contributed by atoms with E-state index in [1.54, 1.807) is 0 Å². The van der Waals surface area contributed by atoms with Crippen LogP contribution in [0.5, 0.6) is 0 Å². The molecule has 104 valence electrons. The second-order valence-corrected chi connectivity index (χ2v) is 6.23. The lowest BCUT2D eigenvalue weighted by Crippen LogP contribution is -2.38. The third kappa shape index (κ3) is 3.23. The van der Waals surface area contributed by atoms with Gasteiger partial charge in [-0.1, -0.05) is 6.92 Å². The fourth-order valence-corrected chi connectivity index (χ4v) is 3.04. The SMILES string of the molecule is CC1CNCC1C(=O)NCC1CCN(C(C)C)C1. The highest BCUT2D eigenvalue weighted by Gasteiger charge is 2.30. The molecule has 3 atom stereocenters. The molecule has 2 saturated heterocycles. The van der Waals surface area contributed by atoms with E-state index in [1.807, 2.05) is 0 Å². The lowest BCUT2D eigenvalue weighted by molar-refractivity contribution is -0.125. The maximum Gasteiger partial charge on any atom is 0.224 e. The van der Waals surface area contributed by atoms with E-state index in [-0.39, 0.29) is 11.8 Å². The van der Waals surface area contributed by atoms with Crippen LogP contribution in [0.1, 0.15) is 27.2 Å². The molecule has 2 fully saturated rings. The summed E-state index contributed by atoms with van der Waals surface area (Å²) >= 11 is 0. The molecule has 2 N–H and O–H groups in total. The zero-order chi connectivity index (χ0) is 13.1. The van der Waals surface area contributed by atoms with Crippen LogP contribution in [0.3, 0.4) is 0 Å². The molecule has 18 heavy (non-hydrogen) atoms. The highest BCUT2D eigenvalue weighted by atomic mass is 16.1. The zero-order valence-electron chi connectivity index (χ0n) is 11.9. The molecule has 0 bridgehead atoms. The fourth-order valence-electron chi connectivity index (χ4n) is 3.04. The van der Waals surface area contributed by atoms with Crippen LogP contribution in [0.2, 0.25) is 0 Å². The van der Waals surface area contributed by atoms with Crippen molar-refractivity contribution in [3.63, 3.8) is 0 Å². The summed E-state index contributed by atoms with van der Waals surface area (Å²) in [6.45, 7) is 11.6. The van der Waals surface area contributed by atoms with Crippen molar-refractivity contribution in [3.05, 3.63) is 0 Å². The molecule has 4 heteroatoms. The molecule has 2 aliphatic heterocycles. The van der Waals surface area contributed by atoms with E-state index in [9.17, 15) is 4.79 Å². The summed E-state index contributed by atoms with van der Waals surface area (Å²) in [5.41, 5.74) is 0. The van der Waals surface area contributed by atoms with Gasteiger partial charge < -0.3 is 15.5 Å². The fraction of sp³-hybridized carbons (Fsp3) is 0.929. The van der Waals surface area contributed by atoms with Gasteiger partial charge >= 0.3 is 0 Å². The first-order valence-corrected chi connectivity index (χ1v) is 7.30. The van der Waals surface area contributed by atoms with Crippen LogP contribution in [0.4, 0.5) is 0 Å². The van der Waals surface area contributed by atoms with Crippen molar-refractivity contribution in [1.29, 1.82) is 0 Å². The predicted molar refractivity (Wildman–Crippen MR) is 73.3 cm³/mol. The van der Waals surface area contributed by atoms with Crippen LogP contribution in [0.15, 0.2) is 0 Å². The van der Waals surface area contributed by atoms with E-state index < -0.39 is 0 Å². The molecule has 0 radical (unpaired) electrons. The Morgan fingerprint density at radius 2 is 2.22 bits per heavy atom. The second kappa shape index (κ2) is 6.02. The number of rotatable bonds is 4. The molecule has 0 aromatic rings. The summed E-state index contributed by atoms with van der Waals surface area (Å²) in [5, 5.41) is 6.43. The van der Waals surface area contributed by atoms with Gasteiger partial charge in [0.15, 0.2) is 0 Å². The van der Waals surface area contributed by atoms with Crippen LogP contribution >= 0.6 is 0 Å². The van der Waals surface area contributed by atoms with E-state index in [2.05, 4.69) is 36.3 Å². The largest absolute Gasteiger partial charge is 0.355 e. The van der Waals surface area contributed by atoms with Crippen molar-refractivity contribution in [2.45, 2.75) is 33.2 Å². The van der Waals surface area contributed by atoms with Crippen molar-refractivity contribution in [2.24, 2.45) is 17.8 Å². The molecule has 1 amide bonds. The van der Waals surface area contributed by atoms with Crippen molar-refractivity contribution in [1.82, 2.24) is 15.5 Å². The van der Waals surface area contributed by atoms with E-state index in [4.69, 9.17) is 0 Å². The molecular formula is C14H27N3O. The number of hydrogen-bond acceptors (Lipinski definition) is 3. The van der Waals surface area contributed by atoms with Crippen LogP contribution in [-0.4, -0.2) is 49.6 Å². The van der Waals surface area contributed by atoms with Crippen molar-refractivity contribution in [2.75, 3.05) is 32.7 Å². The predicted octanol–water partition coefficient (Wildman–Crippen LogP) is 0.688. The summed E-state index contributed by atoms with van der Waals surface area (Å²) < 4.78 is 0. The van der Waals surface area contributed by atoms with Gasteiger partial charge in [0.2, 0.25) is 5.91 Å². The molecule has 0 aromatic heterocycles. The Morgan fingerprint density at radius 1 is 1.44 bits per heavy atom. The van der Waals surface area contributed by atoms with E-state index in [0.29, 0.717) is 17.9 Å². The van der Waals surface area contributed by atoms with Gasteiger partial charge in [0.1, 0.15) is 0 Å². The topological polar surface area (TPSA) is 44.4 Å². The molecule has 3 unspecified atom stereocenters. The quantitative estimate of drug-likeness (QED) is 0.775. The maximum absolute atomic E-state index is 12.1. The minimum Gasteiger partial charge on any atom is -0.355 e. The molecule has 0 saturated carbocycles. The molecule has 2 aliphatic rings. The third-order valence-electron chi connectivity index (χ3n) is 4.47. The Kier molecular flexibility index (Phi) is 4.62.